The van der Waals surface area contributed by atoms with Crippen LogP contribution in [0.25, 0.3) is 0 Å². The van der Waals surface area contributed by atoms with E-state index in [0.29, 0.717) is 24.6 Å². The minimum atomic E-state index is 0.387. The highest BCUT2D eigenvalue weighted by Gasteiger charge is 2.01. The van der Waals surface area contributed by atoms with Crippen molar-refractivity contribution in [3.05, 3.63) is 23.9 Å². The molecule has 0 saturated heterocycles. The first-order chi connectivity index (χ1) is 6.38. The number of nitriles is 1. The third kappa shape index (κ3) is 2.73. The molecule has 0 aliphatic heterocycles. The number of hydrogen-bond acceptors (Lipinski definition) is 4. The summed E-state index contributed by atoms with van der Waals surface area (Å²) in [4.78, 5) is 3.94. The molecule has 1 heterocycles. The molecular formula is C9H11N3O. The van der Waals surface area contributed by atoms with Crippen molar-refractivity contribution >= 4 is 0 Å². The number of nitrogens with two attached hydrogens (primary N) is 1. The van der Waals surface area contributed by atoms with Crippen LogP contribution in [0.15, 0.2) is 18.3 Å². The lowest BCUT2D eigenvalue weighted by atomic mass is 10.3. The van der Waals surface area contributed by atoms with Crippen LogP contribution in [0, 0.1) is 11.3 Å². The van der Waals surface area contributed by atoms with E-state index in [-0.39, 0.29) is 0 Å². The maximum Gasteiger partial charge on any atom is 0.231 e. The predicted molar refractivity (Wildman–Crippen MR) is 48.1 cm³/mol. The second-order valence-corrected chi connectivity index (χ2v) is 2.46. The minimum Gasteiger partial charge on any atom is -0.477 e. The van der Waals surface area contributed by atoms with E-state index in [9.17, 15) is 0 Å². The van der Waals surface area contributed by atoms with Crippen LogP contribution in [0.3, 0.4) is 0 Å². The van der Waals surface area contributed by atoms with Crippen LogP contribution in [0.5, 0.6) is 5.88 Å². The van der Waals surface area contributed by atoms with Gasteiger partial charge in [0.1, 0.15) is 11.6 Å². The Balaban J connectivity index is 2.60. The molecule has 0 unspecified atom stereocenters. The fourth-order valence-corrected chi connectivity index (χ4v) is 0.843. The van der Waals surface area contributed by atoms with Gasteiger partial charge in [0.25, 0.3) is 0 Å². The summed E-state index contributed by atoms with van der Waals surface area (Å²) >= 11 is 0. The van der Waals surface area contributed by atoms with Gasteiger partial charge < -0.3 is 10.5 Å². The second-order valence-electron chi connectivity index (χ2n) is 2.46. The first-order valence-electron chi connectivity index (χ1n) is 4.06. The number of aromatic nitrogens is 1. The van der Waals surface area contributed by atoms with E-state index in [1.807, 2.05) is 6.07 Å². The average Bonchev–Trinajstić information content (AvgIpc) is 2.19. The molecule has 2 N–H and O–H groups in total. The van der Waals surface area contributed by atoms with Gasteiger partial charge in [0, 0.05) is 6.20 Å². The molecule has 1 aromatic heterocycles. The molecule has 0 aliphatic rings. The molecule has 0 aromatic carbocycles. The third-order valence-corrected chi connectivity index (χ3v) is 1.48. The zero-order valence-electron chi connectivity index (χ0n) is 7.23. The maximum absolute atomic E-state index is 8.68. The highest BCUT2D eigenvalue weighted by molar-refractivity contribution is 5.36. The third-order valence-electron chi connectivity index (χ3n) is 1.48. The van der Waals surface area contributed by atoms with Crippen LogP contribution in [-0.4, -0.2) is 18.1 Å². The van der Waals surface area contributed by atoms with E-state index < -0.39 is 0 Å². The summed E-state index contributed by atoms with van der Waals surface area (Å²) in [5.41, 5.74) is 5.76. The van der Waals surface area contributed by atoms with E-state index in [0.717, 1.165) is 6.42 Å². The molecule has 68 valence electrons. The van der Waals surface area contributed by atoms with Crippen molar-refractivity contribution in [2.45, 2.75) is 6.42 Å². The van der Waals surface area contributed by atoms with Gasteiger partial charge in [-0.05, 0) is 25.1 Å². The number of nitrogens with zero attached hydrogens (tertiary/aromatic N) is 2. The summed E-state index contributed by atoms with van der Waals surface area (Å²) in [5.74, 6) is 0.387. The molecule has 4 nitrogen and oxygen atoms in total. The van der Waals surface area contributed by atoms with E-state index in [1.165, 1.54) is 0 Å². The van der Waals surface area contributed by atoms with Gasteiger partial charge >= 0.3 is 0 Å². The van der Waals surface area contributed by atoms with Crippen molar-refractivity contribution in [3.8, 4) is 11.9 Å². The van der Waals surface area contributed by atoms with Crippen molar-refractivity contribution < 1.29 is 4.74 Å². The Labute approximate surface area is 77.0 Å². The van der Waals surface area contributed by atoms with E-state index >= 15 is 0 Å². The van der Waals surface area contributed by atoms with Crippen LogP contribution >= 0.6 is 0 Å². The quantitative estimate of drug-likeness (QED) is 0.686. The number of pyridine rings is 1. The molecule has 4 heteroatoms. The van der Waals surface area contributed by atoms with E-state index in [2.05, 4.69) is 4.98 Å². The molecule has 0 spiro atoms. The van der Waals surface area contributed by atoms with Crippen molar-refractivity contribution in [2.75, 3.05) is 13.2 Å². The maximum atomic E-state index is 8.68. The Hall–Kier alpha value is -1.60. The SMILES string of the molecule is N#Cc1cccnc1OCCCN. The van der Waals surface area contributed by atoms with E-state index in [4.69, 9.17) is 15.7 Å². The van der Waals surface area contributed by atoms with Gasteiger partial charge in [-0.2, -0.15) is 5.26 Å². The smallest absolute Gasteiger partial charge is 0.231 e. The molecule has 0 atom stereocenters. The average molecular weight is 177 g/mol. The highest BCUT2D eigenvalue weighted by atomic mass is 16.5. The van der Waals surface area contributed by atoms with Gasteiger partial charge in [-0.1, -0.05) is 0 Å². The van der Waals surface area contributed by atoms with Crippen LogP contribution in [0.1, 0.15) is 12.0 Å². The fraction of sp³-hybridized carbons (Fsp3) is 0.333. The van der Waals surface area contributed by atoms with Crippen molar-refractivity contribution in [1.29, 1.82) is 5.26 Å². The van der Waals surface area contributed by atoms with Crippen molar-refractivity contribution in [2.24, 2.45) is 5.73 Å². The van der Waals surface area contributed by atoms with Crippen molar-refractivity contribution in [1.82, 2.24) is 4.98 Å². The van der Waals surface area contributed by atoms with Gasteiger partial charge in [-0.15, -0.1) is 0 Å². The monoisotopic (exact) mass is 177 g/mol. The first kappa shape index (κ1) is 9.49. The minimum absolute atomic E-state index is 0.387. The van der Waals surface area contributed by atoms with Gasteiger partial charge in [-0.25, -0.2) is 4.98 Å². The van der Waals surface area contributed by atoms with Crippen molar-refractivity contribution in [3.63, 3.8) is 0 Å². The highest BCUT2D eigenvalue weighted by Crippen LogP contribution is 2.12. The zero-order valence-corrected chi connectivity index (χ0v) is 7.23. The number of ether oxygens (including phenoxy) is 1. The van der Waals surface area contributed by atoms with Crippen LogP contribution in [0.2, 0.25) is 0 Å². The normalized spacial score (nSPS) is 9.23. The summed E-state index contributed by atoms with van der Waals surface area (Å²) in [6.07, 6.45) is 2.36. The largest absolute Gasteiger partial charge is 0.477 e. The Morgan fingerprint density at radius 2 is 2.46 bits per heavy atom. The summed E-state index contributed by atoms with van der Waals surface area (Å²) in [6, 6.07) is 5.38. The number of rotatable bonds is 4. The molecule has 0 fully saturated rings. The molecule has 0 aliphatic carbocycles. The molecule has 0 bridgehead atoms. The lowest BCUT2D eigenvalue weighted by Crippen LogP contribution is -2.07. The lowest BCUT2D eigenvalue weighted by Gasteiger charge is -2.04. The lowest BCUT2D eigenvalue weighted by molar-refractivity contribution is 0.300. The topological polar surface area (TPSA) is 71.9 Å². The molecule has 0 amide bonds. The zero-order chi connectivity index (χ0) is 9.52. The summed E-state index contributed by atoms with van der Waals surface area (Å²) in [6.45, 7) is 1.08. The summed E-state index contributed by atoms with van der Waals surface area (Å²) < 4.78 is 5.25. The summed E-state index contributed by atoms with van der Waals surface area (Å²) in [7, 11) is 0. The number of hydrogen-bond donors (Lipinski definition) is 1. The van der Waals surface area contributed by atoms with Crippen LogP contribution < -0.4 is 10.5 Å². The molecule has 1 rings (SSSR count). The van der Waals surface area contributed by atoms with Gasteiger partial charge in [-0.3, -0.25) is 0 Å². The summed E-state index contributed by atoms with van der Waals surface area (Å²) in [5, 5.41) is 8.68. The Morgan fingerprint density at radius 3 is 3.15 bits per heavy atom. The second kappa shape index (κ2) is 5.12. The van der Waals surface area contributed by atoms with Gasteiger partial charge in [0.2, 0.25) is 5.88 Å². The Bertz CT molecular complexity index is 306. The fourth-order valence-electron chi connectivity index (χ4n) is 0.843. The van der Waals surface area contributed by atoms with Crippen LogP contribution in [-0.2, 0) is 0 Å². The standard InChI is InChI=1S/C9H11N3O/c10-4-2-6-13-9-8(7-11)3-1-5-12-9/h1,3,5H,2,4,6,10H2. The van der Waals surface area contributed by atoms with Gasteiger partial charge in [0.15, 0.2) is 0 Å². The van der Waals surface area contributed by atoms with E-state index in [1.54, 1.807) is 18.3 Å². The van der Waals surface area contributed by atoms with Crippen LogP contribution in [0.4, 0.5) is 0 Å². The molecular weight excluding hydrogens is 166 g/mol. The van der Waals surface area contributed by atoms with Gasteiger partial charge in [0.05, 0.1) is 6.61 Å². The Morgan fingerprint density at radius 1 is 1.62 bits per heavy atom. The molecule has 1 aromatic rings. The molecule has 13 heavy (non-hydrogen) atoms. The first-order valence-corrected chi connectivity index (χ1v) is 4.06. The molecule has 0 saturated carbocycles. The predicted octanol–water partition coefficient (Wildman–Crippen LogP) is 0.681. The molecule has 0 radical (unpaired) electrons. The Kier molecular flexibility index (Phi) is 3.74.